The zero-order chi connectivity index (χ0) is 0. The Morgan fingerprint density at radius 1 is 1.00 bits per heavy atom. The minimum atomic E-state index is 0. The van der Waals surface area contributed by atoms with Gasteiger partial charge in [0.1, 0.15) is 0 Å². The van der Waals surface area contributed by atoms with Crippen LogP contribution in [0.2, 0.25) is 0 Å². The summed E-state index contributed by atoms with van der Waals surface area (Å²) in [4.78, 5) is 0. The van der Waals surface area contributed by atoms with Gasteiger partial charge >= 0.3 is 51.4 Å². The van der Waals surface area contributed by atoms with Gasteiger partial charge in [-0.25, -0.2) is 0 Å². The maximum atomic E-state index is 0. The fourth-order valence-electron chi connectivity index (χ4n) is 0. The minimum absolute atomic E-state index is 0. The molecule has 3 nitrogen and oxygen atoms in total. The van der Waals surface area contributed by atoms with Crippen molar-refractivity contribution < 1.29 is 63.8 Å². The average molecular weight is 93.2 g/mol. The van der Waals surface area contributed by atoms with Gasteiger partial charge in [-0.1, -0.05) is 0 Å². The number of hydrogen-bond donors (Lipinski definition) is 1. The molecule has 0 radical (unpaired) electrons. The molecule has 0 aromatic rings. The summed E-state index contributed by atoms with van der Waals surface area (Å²) in [6.45, 7) is 0. The molecule has 0 saturated heterocycles. The van der Waals surface area contributed by atoms with Gasteiger partial charge in [-0.15, -0.1) is 0 Å². The van der Waals surface area contributed by atoms with E-state index < -0.39 is 0 Å². The first-order valence-electron chi connectivity index (χ1n) is 0. The molecule has 0 unspecified atom stereocenters. The summed E-state index contributed by atoms with van der Waals surface area (Å²) in [7, 11) is 0. The number of rotatable bonds is 0. The van der Waals surface area contributed by atoms with Crippen LogP contribution in [-0.4, -0.2) is 11.0 Å². The van der Waals surface area contributed by atoms with Gasteiger partial charge in [-0.2, -0.15) is 0 Å². The summed E-state index contributed by atoms with van der Waals surface area (Å²) in [5.74, 6) is 0. The van der Waals surface area contributed by atoms with Crippen LogP contribution < -0.4 is 57.5 Å². The van der Waals surface area contributed by atoms with Gasteiger partial charge in [-0.3, -0.25) is 0 Å². The quantitative estimate of drug-likeness (QED) is 0.301. The van der Waals surface area contributed by atoms with Crippen molar-refractivity contribution in [2.75, 3.05) is 0 Å². The first-order valence-corrected chi connectivity index (χ1v) is 0. The fraction of sp³-hybridized carbons (Fsp3) is 0. The zero-order valence-electron chi connectivity index (χ0n) is 3.71. The summed E-state index contributed by atoms with van der Waals surface area (Å²) in [5, 5.41) is 0. The van der Waals surface area contributed by atoms with E-state index in [0.717, 1.165) is 0 Å². The second-order valence-corrected chi connectivity index (χ2v) is 0. The standard InChI is InChI=1S/K.H3N.2H2O.H/h;1H3;2*1H2;/q+1;;;;-1. The Morgan fingerprint density at radius 2 is 1.00 bits per heavy atom. The van der Waals surface area contributed by atoms with Crippen molar-refractivity contribution in [2.45, 2.75) is 0 Å². The molecule has 0 saturated carbocycles. The second kappa shape index (κ2) is 24.3. The molecule has 0 rings (SSSR count). The van der Waals surface area contributed by atoms with Crippen molar-refractivity contribution in [2.24, 2.45) is 0 Å². The largest absolute Gasteiger partial charge is 1.00 e. The van der Waals surface area contributed by atoms with E-state index in [1.54, 1.807) is 0 Å². The Bertz CT molecular complexity index is 9.61. The molecule has 26 valence electrons. The topological polar surface area (TPSA) is 98.0 Å². The summed E-state index contributed by atoms with van der Waals surface area (Å²) < 4.78 is 0. The molecular formula is H8KNO2. The van der Waals surface area contributed by atoms with Gasteiger partial charge < -0.3 is 18.5 Å². The van der Waals surface area contributed by atoms with Crippen LogP contribution in [0.25, 0.3) is 0 Å². The van der Waals surface area contributed by atoms with E-state index in [-0.39, 0.29) is 69.9 Å². The molecule has 0 bridgehead atoms. The van der Waals surface area contributed by atoms with E-state index in [0.29, 0.717) is 0 Å². The summed E-state index contributed by atoms with van der Waals surface area (Å²) >= 11 is 0. The van der Waals surface area contributed by atoms with Crippen molar-refractivity contribution in [1.82, 2.24) is 6.15 Å². The molecule has 0 spiro atoms. The van der Waals surface area contributed by atoms with Crippen LogP contribution in [-0.2, 0) is 0 Å². The van der Waals surface area contributed by atoms with Crippen molar-refractivity contribution in [3.05, 3.63) is 0 Å². The van der Waals surface area contributed by atoms with Gasteiger partial charge in [0.05, 0.1) is 0 Å². The molecule has 0 aromatic heterocycles. The molecule has 0 aliphatic carbocycles. The van der Waals surface area contributed by atoms with E-state index in [2.05, 4.69) is 0 Å². The Morgan fingerprint density at radius 3 is 1.00 bits per heavy atom. The van der Waals surface area contributed by atoms with E-state index in [1.165, 1.54) is 0 Å². The zero-order valence-corrected chi connectivity index (χ0v) is 5.83. The van der Waals surface area contributed by atoms with Crippen LogP contribution in [0.4, 0.5) is 0 Å². The summed E-state index contributed by atoms with van der Waals surface area (Å²) in [6, 6.07) is 0. The van der Waals surface area contributed by atoms with E-state index >= 15 is 0 Å². The fourth-order valence-corrected chi connectivity index (χ4v) is 0. The molecule has 0 aliphatic heterocycles. The Hall–Kier alpha value is 1.52. The van der Waals surface area contributed by atoms with Crippen LogP contribution in [0, 0.1) is 0 Å². The number of hydrogen-bond acceptors (Lipinski definition) is 1. The maximum absolute atomic E-state index is 0. The molecule has 4 heavy (non-hydrogen) atoms. The molecule has 0 amide bonds. The van der Waals surface area contributed by atoms with Crippen molar-refractivity contribution in [3.8, 4) is 0 Å². The monoisotopic (exact) mass is 93.0 g/mol. The van der Waals surface area contributed by atoms with E-state index in [4.69, 9.17) is 0 Å². The molecule has 0 aliphatic rings. The van der Waals surface area contributed by atoms with E-state index in [9.17, 15) is 0 Å². The minimum Gasteiger partial charge on any atom is -1.00 e. The third kappa shape index (κ3) is 9.68. The van der Waals surface area contributed by atoms with Crippen LogP contribution in [0.5, 0.6) is 0 Å². The molecule has 0 atom stereocenters. The predicted molar refractivity (Wildman–Crippen MR) is 13.4 cm³/mol. The van der Waals surface area contributed by atoms with Gasteiger partial charge in [0.25, 0.3) is 0 Å². The van der Waals surface area contributed by atoms with Crippen molar-refractivity contribution in [1.29, 1.82) is 0 Å². The molecule has 4 heteroatoms. The van der Waals surface area contributed by atoms with Crippen LogP contribution in [0.3, 0.4) is 0 Å². The first kappa shape index (κ1) is 48.9. The molecule has 0 heterocycles. The van der Waals surface area contributed by atoms with Crippen LogP contribution >= 0.6 is 0 Å². The third-order valence-corrected chi connectivity index (χ3v) is 0. The first-order chi connectivity index (χ1) is 0. The molecule has 0 fully saturated rings. The summed E-state index contributed by atoms with van der Waals surface area (Å²) in [6.07, 6.45) is 0. The van der Waals surface area contributed by atoms with Gasteiger partial charge in [0.15, 0.2) is 0 Å². The Kier molecular flexibility index (Phi) is 297. The van der Waals surface area contributed by atoms with E-state index in [1.807, 2.05) is 0 Å². The maximum Gasteiger partial charge on any atom is 1.00 e. The summed E-state index contributed by atoms with van der Waals surface area (Å²) in [5.41, 5.74) is 0. The van der Waals surface area contributed by atoms with Gasteiger partial charge in [-0.05, 0) is 0 Å². The molecule has 7 N–H and O–H groups in total. The Balaban J connectivity index is 0. The Labute approximate surface area is 68.9 Å². The SMILES string of the molecule is N.O.O.[H-].[K+]. The van der Waals surface area contributed by atoms with Gasteiger partial charge in [0, 0.05) is 0 Å². The predicted octanol–water partition coefficient (Wildman–Crippen LogP) is -4.37. The second-order valence-electron chi connectivity index (χ2n) is 0. The van der Waals surface area contributed by atoms with Crippen LogP contribution in [0.15, 0.2) is 0 Å². The van der Waals surface area contributed by atoms with Crippen molar-refractivity contribution >= 4 is 0 Å². The third-order valence-electron chi connectivity index (χ3n) is 0. The van der Waals surface area contributed by atoms with Gasteiger partial charge in [0.2, 0.25) is 0 Å². The average Bonchev–Trinajstić information content (AvgIpc) is 0. The molecule has 0 aromatic carbocycles. The normalized spacial score (nSPS) is 0. The molecular weight excluding hydrogens is 85.1 g/mol. The smallest absolute Gasteiger partial charge is 1.00 e. The van der Waals surface area contributed by atoms with Crippen LogP contribution in [0.1, 0.15) is 1.43 Å². The van der Waals surface area contributed by atoms with Crippen molar-refractivity contribution in [3.63, 3.8) is 0 Å².